The Labute approximate surface area is 97.2 Å². The number of rotatable bonds is 5. The lowest BCUT2D eigenvalue weighted by Crippen LogP contribution is -2.36. The van der Waals surface area contributed by atoms with Gasteiger partial charge in [-0.2, -0.15) is 0 Å². The first-order valence-corrected chi connectivity index (χ1v) is 5.68. The number of carbonyl (C=O) groups excluding carboxylic acids is 1. The third kappa shape index (κ3) is 3.88. The highest BCUT2D eigenvalue weighted by molar-refractivity contribution is 7.80. The lowest BCUT2D eigenvalue weighted by molar-refractivity contribution is 0.0941. The van der Waals surface area contributed by atoms with Gasteiger partial charge in [-0.1, -0.05) is 23.6 Å². The van der Waals surface area contributed by atoms with Crippen molar-refractivity contribution in [3.8, 4) is 0 Å². The molecule has 1 aromatic rings. The van der Waals surface area contributed by atoms with Crippen LogP contribution in [-0.2, 0) is 0 Å². The van der Waals surface area contributed by atoms with Crippen LogP contribution in [0.15, 0.2) is 6.20 Å². The monoisotopic (exact) mass is 244 g/mol. The van der Waals surface area contributed by atoms with Crippen molar-refractivity contribution in [2.45, 2.75) is 25.8 Å². The predicted molar refractivity (Wildman–Crippen MR) is 62.9 cm³/mol. The van der Waals surface area contributed by atoms with Gasteiger partial charge in [-0.25, -0.2) is 0 Å². The van der Waals surface area contributed by atoms with Crippen LogP contribution in [0.5, 0.6) is 0 Å². The molecule has 1 rings (SSSR count). The van der Waals surface area contributed by atoms with Crippen LogP contribution in [-0.4, -0.2) is 26.5 Å². The minimum absolute atomic E-state index is 0.0166. The van der Waals surface area contributed by atoms with Gasteiger partial charge in [0.1, 0.15) is 4.88 Å². The molecule has 82 valence electrons. The molecule has 1 amide bonds. The molecule has 1 aromatic heterocycles. The molecule has 0 aliphatic heterocycles. The van der Waals surface area contributed by atoms with Crippen LogP contribution in [0.1, 0.15) is 29.4 Å². The average molecular weight is 244 g/mol. The van der Waals surface area contributed by atoms with Gasteiger partial charge >= 0.3 is 0 Å². The number of nitrogens with one attached hydrogen (secondary N) is 1. The highest BCUT2D eigenvalue weighted by Gasteiger charge is 2.14. The van der Waals surface area contributed by atoms with Crippen molar-refractivity contribution in [2.24, 2.45) is 5.73 Å². The van der Waals surface area contributed by atoms with Gasteiger partial charge < -0.3 is 11.1 Å². The summed E-state index contributed by atoms with van der Waals surface area (Å²) >= 11 is 5.86. The summed E-state index contributed by atoms with van der Waals surface area (Å²) < 4.78 is 3.62. The second-order valence-electron chi connectivity index (χ2n) is 3.03. The van der Waals surface area contributed by atoms with E-state index in [0.717, 1.165) is 18.0 Å². The zero-order valence-electron chi connectivity index (χ0n) is 8.27. The smallest absolute Gasteiger partial charge is 0.264 e. The lowest BCUT2D eigenvalue weighted by atomic mass is 10.1. The molecule has 3 N–H and O–H groups in total. The van der Waals surface area contributed by atoms with Crippen molar-refractivity contribution >= 4 is 34.6 Å². The number of nitrogens with two attached hydrogens (primary N) is 1. The summed E-state index contributed by atoms with van der Waals surface area (Å²) in [4.78, 5) is 12.5. The van der Waals surface area contributed by atoms with Crippen LogP contribution < -0.4 is 11.1 Å². The highest BCUT2D eigenvalue weighted by Crippen LogP contribution is 2.04. The molecule has 0 radical (unpaired) electrons. The molecule has 0 spiro atoms. The van der Waals surface area contributed by atoms with Gasteiger partial charge in [-0.3, -0.25) is 4.79 Å². The van der Waals surface area contributed by atoms with Crippen molar-refractivity contribution in [3.05, 3.63) is 11.1 Å². The van der Waals surface area contributed by atoms with Crippen LogP contribution in [0.25, 0.3) is 0 Å². The molecule has 0 saturated carbocycles. The molecule has 0 bridgehead atoms. The van der Waals surface area contributed by atoms with E-state index >= 15 is 0 Å². The second-order valence-corrected chi connectivity index (χ2v) is 4.34. The summed E-state index contributed by atoms with van der Waals surface area (Å²) in [6, 6.07) is -0.0166. The number of hydrogen-bond donors (Lipinski definition) is 2. The Kier molecular flexibility index (Phi) is 4.57. The number of carbonyl (C=O) groups is 1. The molecule has 15 heavy (non-hydrogen) atoms. The Morgan fingerprint density at radius 1 is 1.80 bits per heavy atom. The van der Waals surface area contributed by atoms with Crippen LogP contribution in [0.3, 0.4) is 0 Å². The largest absolute Gasteiger partial charge is 0.393 e. The third-order valence-electron chi connectivity index (χ3n) is 1.86. The van der Waals surface area contributed by atoms with Crippen molar-refractivity contribution in [2.75, 3.05) is 0 Å². The Balaban J connectivity index is 2.52. The maximum Gasteiger partial charge on any atom is 0.264 e. The number of aromatic nitrogens is 2. The van der Waals surface area contributed by atoms with Crippen LogP contribution in [0.2, 0.25) is 0 Å². The minimum atomic E-state index is -0.173. The quantitative estimate of drug-likeness (QED) is 0.746. The first kappa shape index (κ1) is 12.0. The standard InChI is InChI=1S/C8H12N4OS2/c1-2-5(3-7(9)14)11-8(13)6-4-10-12-15-6/h4-5H,2-3H2,1H3,(H2,9,14)(H,11,13). The van der Waals surface area contributed by atoms with Crippen molar-refractivity contribution < 1.29 is 4.79 Å². The summed E-state index contributed by atoms with van der Waals surface area (Å²) in [5.41, 5.74) is 5.42. The molecule has 1 unspecified atom stereocenters. The summed E-state index contributed by atoms with van der Waals surface area (Å²) in [6.07, 6.45) is 2.74. The van der Waals surface area contributed by atoms with Crippen LogP contribution >= 0.6 is 23.8 Å². The van der Waals surface area contributed by atoms with E-state index in [1.807, 2.05) is 6.92 Å². The number of hydrogen-bond acceptors (Lipinski definition) is 5. The van der Waals surface area contributed by atoms with Gasteiger partial charge in [0, 0.05) is 12.5 Å². The molecular weight excluding hydrogens is 232 g/mol. The molecule has 5 nitrogen and oxygen atoms in total. The lowest BCUT2D eigenvalue weighted by Gasteiger charge is -2.14. The Morgan fingerprint density at radius 2 is 2.53 bits per heavy atom. The molecule has 1 atom stereocenters. The number of thiocarbonyl (C=S) groups is 1. The molecule has 0 fully saturated rings. The fourth-order valence-corrected chi connectivity index (χ4v) is 1.68. The number of nitrogens with zero attached hydrogens (tertiary/aromatic N) is 2. The zero-order chi connectivity index (χ0) is 11.3. The normalized spacial score (nSPS) is 12.1. The first-order valence-electron chi connectivity index (χ1n) is 4.50. The van der Waals surface area contributed by atoms with Crippen molar-refractivity contribution in [3.63, 3.8) is 0 Å². The maximum absolute atomic E-state index is 11.6. The molecule has 7 heteroatoms. The van der Waals surface area contributed by atoms with Crippen LogP contribution in [0, 0.1) is 0 Å². The predicted octanol–water partition coefficient (Wildman–Crippen LogP) is 0.723. The molecule has 0 saturated heterocycles. The minimum Gasteiger partial charge on any atom is -0.393 e. The van der Waals surface area contributed by atoms with Gasteiger partial charge in [0.2, 0.25) is 0 Å². The van der Waals surface area contributed by atoms with Crippen LogP contribution in [0.4, 0.5) is 0 Å². The third-order valence-corrected chi connectivity index (χ3v) is 2.69. The van der Waals surface area contributed by atoms with E-state index in [2.05, 4.69) is 14.9 Å². The van der Waals surface area contributed by atoms with Crippen molar-refractivity contribution in [1.82, 2.24) is 14.9 Å². The SMILES string of the molecule is CCC(CC(N)=S)NC(=O)c1cnns1. The molecule has 1 heterocycles. The first-order chi connectivity index (χ1) is 7.13. The summed E-state index contributed by atoms with van der Waals surface area (Å²) in [7, 11) is 0. The number of amides is 1. The van der Waals surface area contributed by atoms with Gasteiger partial charge in [0.05, 0.1) is 11.2 Å². The zero-order valence-corrected chi connectivity index (χ0v) is 9.90. The van der Waals surface area contributed by atoms with Gasteiger partial charge in [-0.05, 0) is 18.0 Å². The summed E-state index contributed by atoms with van der Waals surface area (Å²) in [5.74, 6) is -0.173. The molecular formula is C8H12N4OS2. The summed E-state index contributed by atoms with van der Waals surface area (Å²) in [6.45, 7) is 1.97. The van der Waals surface area contributed by atoms with E-state index in [-0.39, 0.29) is 11.9 Å². The van der Waals surface area contributed by atoms with Gasteiger partial charge in [0.15, 0.2) is 0 Å². The van der Waals surface area contributed by atoms with E-state index in [1.54, 1.807) is 0 Å². The van der Waals surface area contributed by atoms with E-state index < -0.39 is 0 Å². The average Bonchev–Trinajstić information content (AvgIpc) is 2.68. The highest BCUT2D eigenvalue weighted by atomic mass is 32.1. The van der Waals surface area contributed by atoms with Gasteiger partial charge in [-0.15, -0.1) is 5.10 Å². The van der Waals surface area contributed by atoms with E-state index in [4.69, 9.17) is 18.0 Å². The second kappa shape index (κ2) is 5.72. The van der Waals surface area contributed by atoms with Gasteiger partial charge in [0.25, 0.3) is 5.91 Å². The van der Waals surface area contributed by atoms with E-state index in [0.29, 0.717) is 16.3 Å². The van der Waals surface area contributed by atoms with Crippen molar-refractivity contribution in [1.29, 1.82) is 0 Å². The molecule has 0 aromatic carbocycles. The Bertz CT molecular complexity index is 338. The van der Waals surface area contributed by atoms with E-state index in [9.17, 15) is 4.79 Å². The van der Waals surface area contributed by atoms with E-state index in [1.165, 1.54) is 6.20 Å². The molecule has 0 aliphatic carbocycles. The fraction of sp³-hybridized carbons (Fsp3) is 0.500. The Hall–Kier alpha value is -1.08. The Morgan fingerprint density at radius 3 is 3.00 bits per heavy atom. The maximum atomic E-state index is 11.6. The summed E-state index contributed by atoms with van der Waals surface area (Å²) in [5, 5.41) is 6.42. The fourth-order valence-electron chi connectivity index (χ4n) is 1.06. The topological polar surface area (TPSA) is 80.9 Å². The molecule has 0 aliphatic rings.